The molecule has 0 atom stereocenters. The summed E-state index contributed by atoms with van der Waals surface area (Å²) in [7, 11) is 1.70. The lowest BCUT2D eigenvalue weighted by Crippen LogP contribution is -2.29. The molecule has 0 aromatic heterocycles. The van der Waals surface area contributed by atoms with Gasteiger partial charge in [0, 0.05) is 13.6 Å². The van der Waals surface area contributed by atoms with Gasteiger partial charge in [-0.1, -0.05) is 23.2 Å². The molecule has 0 unspecified atom stereocenters. The first-order chi connectivity index (χ1) is 7.99. The summed E-state index contributed by atoms with van der Waals surface area (Å²) < 4.78 is 13.3. The van der Waals surface area contributed by atoms with Crippen molar-refractivity contribution in [1.29, 1.82) is 0 Å². The normalized spacial score (nSPS) is 14.8. The standard InChI is InChI=1S/C12H12Cl2FNO/c1-16(6-7-2-3-7)12(17)8-4-11(15)10(14)5-9(8)13/h4-5,7H,2-3,6H2,1H3. The molecule has 1 aliphatic rings. The van der Waals surface area contributed by atoms with Gasteiger partial charge in [0.15, 0.2) is 0 Å². The highest BCUT2D eigenvalue weighted by Gasteiger charge is 2.26. The van der Waals surface area contributed by atoms with Crippen LogP contribution < -0.4 is 0 Å². The molecule has 0 spiro atoms. The molecule has 0 saturated heterocycles. The van der Waals surface area contributed by atoms with Crippen molar-refractivity contribution < 1.29 is 9.18 Å². The monoisotopic (exact) mass is 275 g/mol. The molecule has 2 nitrogen and oxygen atoms in total. The van der Waals surface area contributed by atoms with Crippen LogP contribution in [0.3, 0.4) is 0 Å². The first-order valence-electron chi connectivity index (χ1n) is 5.39. The lowest BCUT2D eigenvalue weighted by atomic mass is 10.2. The SMILES string of the molecule is CN(CC1CC1)C(=O)c1cc(F)c(Cl)cc1Cl. The van der Waals surface area contributed by atoms with E-state index in [1.54, 1.807) is 11.9 Å². The largest absolute Gasteiger partial charge is 0.341 e. The van der Waals surface area contributed by atoms with E-state index in [9.17, 15) is 9.18 Å². The minimum Gasteiger partial charge on any atom is -0.341 e. The van der Waals surface area contributed by atoms with Crippen LogP contribution in [0.5, 0.6) is 0 Å². The molecule has 1 aliphatic carbocycles. The third-order valence-corrected chi connectivity index (χ3v) is 3.42. The van der Waals surface area contributed by atoms with Crippen LogP contribution in [0.4, 0.5) is 4.39 Å². The molecule has 0 radical (unpaired) electrons. The molecule has 0 bridgehead atoms. The Balaban J connectivity index is 2.20. The van der Waals surface area contributed by atoms with Gasteiger partial charge in [-0.05, 0) is 30.9 Å². The zero-order chi connectivity index (χ0) is 12.6. The molecule has 92 valence electrons. The number of hydrogen-bond acceptors (Lipinski definition) is 1. The number of nitrogens with zero attached hydrogens (tertiary/aromatic N) is 1. The van der Waals surface area contributed by atoms with Crippen molar-refractivity contribution in [2.45, 2.75) is 12.8 Å². The topological polar surface area (TPSA) is 20.3 Å². The molecule has 1 aromatic carbocycles. The summed E-state index contributed by atoms with van der Waals surface area (Å²) in [5, 5.41) is 0.112. The predicted octanol–water partition coefficient (Wildman–Crippen LogP) is 3.61. The van der Waals surface area contributed by atoms with Crippen molar-refractivity contribution in [2.24, 2.45) is 5.92 Å². The highest BCUT2D eigenvalue weighted by atomic mass is 35.5. The minimum absolute atomic E-state index is 0.0728. The molecule has 2 rings (SSSR count). The highest BCUT2D eigenvalue weighted by molar-refractivity contribution is 6.36. The van der Waals surface area contributed by atoms with Crippen molar-refractivity contribution in [3.05, 3.63) is 33.6 Å². The second kappa shape index (κ2) is 4.83. The van der Waals surface area contributed by atoms with Gasteiger partial charge in [-0.25, -0.2) is 4.39 Å². The predicted molar refractivity (Wildman–Crippen MR) is 66.1 cm³/mol. The van der Waals surface area contributed by atoms with Crippen LogP contribution in [-0.4, -0.2) is 24.4 Å². The van der Waals surface area contributed by atoms with Crippen molar-refractivity contribution in [3.8, 4) is 0 Å². The van der Waals surface area contributed by atoms with Gasteiger partial charge in [0.2, 0.25) is 0 Å². The van der Waals surface area contributed by atoms with Crippen LogP contribution in [0.2, 0.25) is 10.0 Å². The average molecular weight is 276 g/mol. The Morgan fingerprint density at radius 2 is 2.06 bits per heavy atom. The Morgan fingerprint density at radius 1 is 1.41 bits per heavy atom. The Hall–Kier alpha value is -0.800. The van der Waals surface area contributed by atoms with Gasteiger partial charge in [-0.3, -0.25) is 4.79 Å². The summed E-state index contributed by atoms with van der Waals surface area (Å²) >= 11 is 11.5. The molecular weight excluding hydrogens is 264 g/mol. The fraction of sp³-hybridized carbons (Fsp3) is 0.417. The van der Waals surface area contributed by atoms with Crippen LogP contribution in [0.15, 0.2) is 12.1 Å². The molecule has 1 aromatic rings. The Bertz CT molecular complexity index is 460. The van der Waals surface area contributed by atoms with Gasteiger partial charge < -0.3 is 4.90 Å². The maximum Gasteiger partial charge on any atom is 0.255 e. The number of rotatable bonds is 3. The lowest BCUT2D eigenvalue weighted by molar-refractivity contribution is 0.0788. The summed E-state index contributed by atoms with van der Waals surface area (Å²) in [5.74, 6) is -0.309. The van der Waals surface area contributed by atoms with Gasteiger partial charge in [-0.15, -0.1) is 0 Å². The summed E-state index contributed by atoms with van der Waals surface area (Å²) in [4.78, 5) is 13.6. The molecule has 1 saturated carbocycles. The molecule has 0 N–H and O–H groups in total. The second-order valence-electron chi connectivity index (χ2n) is 4.38. The van der Waals surface area contributed by atoms with E-state index < -0.39 is 5.82 Å². The fourth-order valence-electron chi connectivity index (χ4n) is 1.66. The van der Waals surface area contributed by atoms with Gasteiger partial charge in [0.05, 0.1) is 15.6 Å². The fourth-order valence-corrected chi connectivity index (χ4v) is 2.13. The number of amides is 1. The maximum absolute atomic E-state index is 13.3. The molecular formula is C12H12Cl2FNO. The van der Waals surface area contributed by atoms with Crippen LogP contribution in [-0.2, 0) is 0 Å². The molecule has 0 heterocycles. The van der Waals surface area contributed by atoms with Crippen LogP contribution in [0.25, 0.3) is 0 Å². The van der Waals surface area contributed by atoms with E-state index in [4.69, 9.17) is 23.2 Å². The van der Waals surface area contributed by atoms with Crippen LogP contribution >= 0.6 is 23.2 Å². The average Bonchev–Trinajstić information content (AvgIpc) is 3.06. The van der Waals surface area contributed by atoms with E-state index in [2.05, 4.69) is 0 Å². The summed E-state index contributed by atoms with van der Waals surface area (Å²) in [6.07, 6.45) is 2.31. The zero-order valence-corrected chi connectivity index (χ0v) is 10.9. The molecule has 17 heavy (non-hydrogen) atoms. The number of hydrogen-bond donors (Lipinski definition) is 0. The second-order valence-corrected chi connectivity index (χ2v) is 5.19. The van der Waals surface area contributed by atoms with Gasteiger partial charge in [-0.2, -0.15) is 0 Å². The molecule has 1 fully saturated rings. The smallest absolute Gasteiger partial charge is 0.255 e. The Kier molecular flexibility index (Phi) is 3.59. The van der Waals surface area contributed by atoms with E-state index in [1.807, 2.05) is 0 Å². The maximum atomic E-state index is 13.3. The van der Waals surface area contributed by atoms with E-state index in [1.165, 1.54) is 6.07 Å². The molecule has 5 heteroatoms. The van der Waals surface area contributed by atoms with Crippen molar-refractivity contribution in [1.82, 2.24) is 4.90 Å². The van der Waals surface area contributed by atoms with Crippen molar-refractivity contribution >= 4 is 29.1 Å². The summed E-state index contributed by atoms with van der Waals surface area (Å²) in [5.41, 5.74) is 0.164. The van der Waals surface area contributed by atoms with E-state index in [-0.39, 0.29) is 21.5 Å². The molecule has 0 aliphatic heterocycles. The van der Waals surface area contributed by atoms with Crippen LogP contribution in [0, 0.1) is 11.7 Å². The van der Waals surface area contributed by atoms with Gasteiger partial charge >= 0.3 is 0 Å². The third-order valence-electron chi connectivity index (χ3n) is 2.82. The van der Waals surface area contributed by atoms with Crippen LogP contribution in [0.1, 0.15) is 23.2 Å². The number of halogens is 3. The first-order valence-corrected chi connectivity index (χ1v) is 6.14. The van der Waals surface area contributed by atoms with Gasteiger partial charge in [0.25, 0.3) is 5.91 Å². The lowest BCUT2D eigenvalue weighted by Gasteiger charge is -2.17. The number of carbonyl (C=O) groups excluding carboxylic acids is 1. The Labute approximate surface area is 109 Å². The van der Waals surface area contributed by atoms with Crippen molar-refractivity contribution in [2.75, 3.05) is 13.6 Å². The third kappa shape index (κ3) is 2.90. The summed E-state index contributed by atoms with van der Waals surface area (Å²) in [6.45, 7) is 0.694. The van der Waals surface area contributed by atoms with Gasteiger partial charge in [0.1, 0.15) is 5.82 Å². The quantitative estimate of drug-likeness (QED) is 0.772. The highest BCUT2D eigenvalue weighted by Crippen LogP contribution is 2.30. The number of carbonyl (C=O) groups is 1. The number of benzene rings is 1. The van der Waals surface area contributed by atoms with E-state index in [0.29, 0.717) is 12.5 Å². The summed E-state index contributed by atoms with van der Waals surface area (Å²) in [6, 6.07) is 2.35. The zero-order valence-electron chi connectivity index (χ0n) is 9.34. The Morgan fingerprint density at radius 3 is 2.65 bits per heavy atom. The van der Waals surface area contributed by atoms with E-state index in [0.717, 1.165) is 18.9 Å². The first kappa shape index (κ1) is 12.7. The molecule has 1 amide bonds. The van der Waals surface area contributed by atoms with Crippen molar-refractivity contribution in [3.63, 3.8) is 0 Å². The van der Waals surface area contributed by atoms with E-state index >= 15 is 0 Å². The minimum atomic E-state index is -0.626.